The van der Waals surface area contributed by atoms with Gasteiger partial charge in [-0.3, -0.25) is 0 Å². The summed E-state index contributed by atoms with van der Waals surface area (Å²) < 4.78 is 11.2. The lowest BCUT2D eigenvalue weighted by Gasteiger charge is -2.30. The Kier molecular flexibility index (Phi) is 3.89. The van der Waals surface area contributed by atoms with Crippen molar-refractivity contribution in [1.29, 1.82) is 0 Å². The second kappa shape index (κ2) is 5.80. The molecule has 1 aromatic rings. The quantitative estimate of drug-likeness (QED) is 0.907. The minimum absolute atomic E-state index is 0.300. The maximum atomic E-state index is 5.64. The van der Waals surface area contributed by atoms with E-state index < -0.39 is 0 Å². The van der Waals surface area contributed by atoms with Gasteiger partial charge in [0.1, 0.15) is 13.2 Å². The Bertz CT molecular complexity index is 430. The maximum absolute atomic E-state index is 5.64. The number of fused-ring (bicyclic) bond motifs is 1. The Balaban J connectivity index is 1.67. The molecule has 0 bridgehead atoms. The van der Waals surface area contributed by atoms with Gasteiger partial charge in [-0.15, -0.1) is 0 Å². The lowest BCUT2D eigenvalue weighted by atomic mass is 10.1. The van der Waals surface area contributed by atoms with Crippen LogP contribution in [0.2, 0.25) is 0 Å². The van der Waals surface area contributed by atoms with E-state index in [2.05, 4.69) is 29.5 Å². The molecule has 2 heterocycles. The van der Waals surface area contributed by atoms with Crippen molar-refractivity contribution in [1.82, 2.24) is 10.4 Å². The fraction of sp³-hybridized carbons (Fsp3) is 0.600. The molecule has 1 unspecified atom stereocenters. The van der Waals surface area contributed by atoms with Crippen LogP contribution in [-0.2, 0) is 0 Å². The summed E-state index contributed by atoms with van der Waals surface area (Å²) in [5.74, 6) is 1.73. The molecule has 19 heavy (non-hydrogen) atoms. The summed E-state index contributed by atoms with van der Waals surface area (Å²) in [6.45, 7) is 5.78. The number of hydrogen-bond acceptors (Lipinski definition) is 4. The molecule has 1 fully saturated rings. The first-order valence-electron chi connectivity index (χ1n) is 7.23. The fourth-order valence-corrected chi connectivity index (χ4v) is 2.70. The van der Waals surface area contributed by atoms with Crippen molar-refractivity contribution in [2.75, 3.05) is 26.3 Å². The zero-order chi connectivity index (χ0) is 13.1. The largest absolute Gasteiger partial charge is 0.486 e. The van der Waals surface area contributed by atoms with Gasteiger partial charge in [0.05, 0.1) is 0 Å². The fourth-order valence-electron chi connectivity index (χ4n) is 2.70. The molecule has 0 aromatic heterocycles. The van der Waals surface area contributed by atoms with Crippen molar-refractivity contribution in [3.05, 3.63) is 23.8 Å². The van der Waals surface area contributed by atoms with E-state index in [1.165, 1.54) is 24.8 Å². The van der Waals surface area contributed by atoms with E-state index in [0.717, 1.165) is 24.6 Å². The molecule has 2 aliphatic rings. The summed E-state index contributed by atoms with van der Waals surface area (Å²) >= 11 is 0. The average Bonchev–Trinajstić information content (AvgIpc) is 2.48. The SMILES string of the molecule is CC(NN1CCCCC1)c1ccc2c(c1)OCCO2. The van der Waals surface area contributed by atoms with Crippen molar-refractivity contribution in [3.63, 3.8) is 0 Å². The summed E-state index contributed by atoms with van der Waals surface area (Å²) in [6, 6.07) is 6.53. The van der Waals surface area contributed by atoms with E-state index >= 15 is 0 Å². The summed E-state index contributed by atoms with van der Waals surface area (Å²) in [6.07, 6.45) is 3.94. The molecule has 0 spiro atoms. The molecule has 0 amide bonds. The zero-order valence-electron chi connectivity index (χ0n) is 11.5. The first-order chi connectivity index (χ1) is 9.33. The molecule has 0 saturated carbocycles. The van der Waals surface area contributed by atoms with Crippen molar-refractivity contribution >= 4 is 0 Å². The molecule has 4 nitrogen and oxygen atoms in total. The molecule has 1 atom stereocenters. The van der Waals surface area contributed by atoms with Gasteiger partial charge in [0.15, 0.2) is 11.5 Å². The van der Waals surface area contributed by atoms with Crippen LogP contribution in [-0.4, -0.2) is 31.3 Å². The molecular weight excluding hydrogens is 240 g/mol. The van der Waals surface area contributed by atoms with Crippen LogP contribution in [0.5, 0.6) is 11.5 Å². The Labute approximate surface area is 114 Å². The van der Waals surface area contributed by atoms with E-state index in [0.29, 0.717) is 19.3 Å². The lowest BCUT2D eigenvalue weighted by Crippen LogP contribution is -2.42. The van der Waals surface area contributed by atoms with Gasteiger partial charge in [0.2, 0.25) is 0 Å². The van der Waals surface area contributed by atoms with E-state index in [4.69, 9.17) is 9.47 Å². The number of rotatable bonds is 3. The third-order valence-electron chi connectivity index (χ3n) is 3.80. The highest BCUT2D eigenvalue weighted by molar-refractivity contribution is 5.44. The maximum Gasteiger partial charge on any atom is 0.161 e. The van der Waals surface area contributed by atoms with E-state index in [1.807, 2.05) is 6.07 Å². The van der Waals surface area contributed by atoms with Crippen molar-refractivity contribution in [2.45, 2.75) is 32.2 Å². The van der Waals surface area contributed by atoms with Crippen LogP contribution in [0.25, 0.3) is 0 Å². The average molecular weight is 262 g/mol. The standard InChI is InChI=1S/C15H22N2O2/c1-12(16-17-7-3-2-4-8-17)13-5-6-14-15(11-13)19-10-9-18-14/h5-6,11-12,16H,2-4,7-10H2,1H3. The monoisotopic (exact) mass is 262 g/mol. The van der Waals surface area contributed by atoms with Gasteiger partial charge in [-0.05, 0) is 37.5 Å². The number of nitrogens with zero attached hydrogens (tertiary/aromatic N) is 1. The van der Waals surface area contributed by atoms with Crippen molar-refractivity contribution in [3.8, 4) is 11.5 Å². The van der Waals surface area contributed by atoms with Gasteiger partial charge >= 0.3 is 0 Å². The van der Waals surface area contributed by atoms with E-state index in [9.17, 15) is 0 Å². The van der Waals surface area contributed by atoms with Crippen molar-refractivity contribution < 1.29 is 9.47 Å². The highest BCUT2D eigenvalue weighted by Gasteiger charge is 2.17. The van der Waals surface area contributed by atoms with Gasteiger partial charge in [-0.25, -0.2) is 10.4 Å². The Morgan fingerprint density at radius 1 is 1.05 bits per heavy atom. The first kappa shape index (κ1) is 12.8. The first-order valence-corrected chi connectivity index (χ1v) is 7.23. The molecule has 1 saturated heterocycles. The molecule has 1 N–H and O–H groups in total. The predicted octanol–water partition coefficient (Wildman–Crippen LogP) is 2.51. The molecule has 0 aliphatic carbocycles. The second-order valence-electron chi connectivity index (χ2n) is 5.30. The normalized spacial score (nSPS) is 21.1. The Morgan fingerprint density at radius 3 is 2.58 bits per heavy atom. The third kappa shape index (κ3) is 3.01. The number of hydrogen-bond donors (Lipinski definition) is 1. The molecule has 2 aliphatic heterocycles. The molecule has 0 radical (unpaired) electrons. The van der Waals surface area contributed by atoms with Crippen LogP contribution in [0.3, 0.4) is 0 Å². The van der Waals surface area contributed by atoms with Crippen LogP contribution in [0.15, 0.2) is 18.2 Å². The smallest absolute Gasteiger partial charge is 0.161 e. The van der Waals surface area contributed by atoms with Crippen molar-refractivity contribution in [2.24, 2.45) is 0 Å². The van der Waals surface area contributed by atoms with Gasteiger partial charge in [-0.1, -0.05) is 12.5 Å². The molecule has 1 aromatic carbocycles. The summed E-state index contributed by atoms with van der Waals surface area (Å²) in [7, 11) is 0. The highest BCUT2D eigenvalue weighted by Crippen LogP contribution is 2.32. The third-order valence-corrected chi connectivity index (χ3v) is 3.80. The molecule has 4 heteroatoms. The lowest BCUT2D eigenvalue weighted by molar-refractivity contribution is 0.132. The van der Waals surface area contributed by atoms with Gasteiger partial charge in [-0.2, -0.15) is 0 Å². The van der Waals surface area contributed by atoms with Gasteiger partial charge < -0.3 is 9.47 Å². The van der Waals surface area contributed by atoms with Crippen LogP contribution in [0.1, 0.15) is 37.8 Å². The number of nitrogens with one attached hydrogen (secondary N) is 1. The van der Waals surface area contributed by atoms with Crippen LogP contribution in [0.4, 0.5) is 0 Å². The van der Waals surface area contributed by atoms with E-state index in [-0.39, 0.29) is 0 Å². The zero-order valence-corrected chi connectivity index (χ0v) is 11.5. The summed E-state index contributed by atoms with van der Waals surface area (Å²) in [4.78, 5) is 0. The van der Waals surface area contributed by atoms with Crippen LogP contribution >= 0.6 is 0 Å². The highest BCUT2D eigenvalue weighted by atomic mass is 16.6. The minimum atomic E-state index is 0.300. The van der Waals surface area contributed by atoms with Gasteiger partial charge in [0.25, 0.3) is 0 Å². The molecule has 3 rings (SSSR count). The number of hydrazine groups is 1. The number of ether oxygens (including phenoxy) is 2. The van der Waals surface area contributed by atoms with E-state index in [1.54, 1.807) is 0 Å². The summed E-state index contributed by atoms with van der Waals surface area (Å²) in [5.41, 5.74) is 4.82. The second-order valence-corrected chi connectivity index (χ2v) is 5.30. The van der Waals surface area contributed by atoms with Gasteiger partial charge in [0, 0.05) is 19.1 Å². The molecular formula is C15H22N2O2. The topological polar surface area (TPSA) is 33.7 Å². The number of piperidine rings is 1. The number of benzene rings is 1. The molecule has 104 valence electrons. The minimum Gasteiger partial charge on any atom is -0.486 e. The predicted molar refractivity (Wildman–Crippen MR) is 74.4 cm³/mol. The summed E-state index contributed by atoms with van der Waals surface area (Å²) in [5, 5.41) is 2.34. The Morgan fingerprint density at radius 2 is 1.79 bits per heavy atom. The van der Waals surface area contributed by atoms with Crippen LogP contribution in [0, 0.1) is 0 Å². The van der Waals surface area contributed by atoms with Crippen LogP contribution < -0.4 is 14.9 Å². The Hall–Kier alpha value is -1.26.